The molecule has 0 amide bonds. The van der Waals surface area contributed by atoms with Gasteiger partial charge in [0.05, 0.1) is 29.5 Å². The lowest BCUT2D eigenvalue weighted by Gasteiger charge is -2.10. The van der Waals surface area contributed by atoms with Gasteiger partial charge in [0.2, 0.25) is 4.96 Å². The van der Waals surface area contributed by atoms with Gasteiger partial charge in [-0.15, -0.1) is 10.2 Å². The van der Waals surface area contributed by atoms with Crippen molar-refractivity contribution in [2.24, 2.45) is 0 Å². The average Bonchev–Trinajstić information content (AvgIpc) is 3.20. The number of nitrogens with zero attached hydrogens (tertiary/aromatic N) is 3. The van der Waals surface area contributed by atoms with Gasteiger partial charge in [0.1, 0.15) is 0 Å². The summed E-state index contributed by atoms with van der Waals surface area (Å²) in [6, 6.07) is 18.1. The number of benzene rings is 2. The Balaban J connectivity index is 1.35. The summed E-state index contributed by atoms with van der Waals surface area (Å²) in [5.41, 5.74) is 2.20. The van der Waals surface area contributed by atoms with Crippen molar-refractivity contribution in [3.63, 3.8) is 0 Å². The first-order valence-corrected chi connectivity index (χ1v) is 9.76. The van der Waals surface area contributed by atoms with Gasteiger partial charge in [-0.3, -0.25) is 4.40 Å². The Morgan fingerprint density at radius 1 is 1.08 bits per heavy atom. The third-order valence-electron chi connectivity index (χ3n) is 3.74. The lowest BCUT2D eigenvalue weighted by molar-refractivity contribution is 0.0398. The zero-order chi connectivity index (χ0) is 17.1. The smallest absolute Gasteiger partial charge is 0.217 e. The Morgan fingerprint density at radius 3 is 2.76 bits per heavy atom. The zero-order valence-electron chi connectivity index (χ0n) is 13.4. The summed E-state index contributed by atoms with van der Waals surface area (Å²) in [4.78, 5) is 0.874. The highest BCUT2D eigenvalue weighted by atomic mass is 32.2. The van der Waals surface area contributed by atoms with E-state index >= 15 is 0 Å². The summed E-state index contributed by atoms with van der Waals surface area (Å²) in [5.74, 6) is 0.514. The molecule has 2 heterocycles. The molecule has 2 aromatic carbocycles. The Bertz CT molecular complexity index is 968. The van der Waals surface area contributed by atoms with Crippen molar-refractivity contribution in [1.29, 1.82) is 0 Å². The molecule has 0 aliphatic heterocycles. The third-order valence-corrected chi connectivity index (χ3v) is 5.82. The quantitative estimate of drug-likeness (QED) is 0.503. The molecule has 4 aromatic rings. The molecule has 0 saturated heterocycles. The Labute approximate surface area is 153 Å². The molecule has 0 radical (unpaired) electrons. The van der Waals surface area contributed by atoms with E-state index in [1.54, 1.807) is 11.3 Å². The number of aromatic nitrogens is 3. The van der Waals surface area contributed by atoms with E-state index in [0.29, 0.717) is 19.0 Å². The number of thiazole rings is 1. The number of rotatable bonds is 7. The number of ether oxygens (including phenoxy) is 1. The van der Waals surface area contributed by atoms with Crippen LogP contribution in [0.4, 0.5) is 0 Å². The van der Waals surface area contributed by atoms with Crippen molar-refractivity contribution >= 4 is 38.3 Å². The SMILES string of the molecule is OC(COCc1ccccc1)CSc1nnc2sc3ccccc3n12. The van der Waals surface area contributed by atoms with E-state index in [0.717, 1.165) is 21.2 Å². The highest BCUT2D eigenvalue weighted by Crippen LogP contribution is 2.29. The minimum Gasteiger partial charge on any atom is -0.390 e. The van der Waals surface area contributed by atoms with Crippen LogP contribution in [0.25, 0.3) is 15.2 Å². The summed E-state index contributed by atoms with van der Waals surface area (Å²) in [6.07, 6.45) is -0.550. The summed E-state index contributed by atoms with van der Waals surface area (Å²) >= 11 is 3.11. The molecule has 0 aliphatic carbocycles. The number of para-hydroxylation sites is 1. The maximum absolute atomic E-state index is 10.2. The highest BCUT2D eigenvalue weighted by molar-refractivity contribution is 7.99. The van der Waals surface area contributed by atoms with Crippen LogP contribution >= 0.6 is 23.1 Å². The van der Waals surface area contributed by atoms with Crippen LogP contribution in [-0.4, -0.2) is 38.2 Å². The molecule has 1 unspecified atom stereocenters. The maximum atomic E-state index is 10.2. The number of hydrogen-bond acceptors (Lipinski definition) is 6. The molecule has 5 nitrogen and oxygen atoms in total. The predicted molar refractivity (Wildman–Crippen MR) is 101 cm³/mol. The van der Waals surface area contributed by atoms with E-state index in [1.807, 2.05) is 46.9 Å². The molecule has 0 spiro atoms. The van der Waals surface area contributed by atoms with Crippen LogP contribution in [-0.2, 0) is 11.3 Å². The van der Waals surface area contributed by atoms with Crippen molar-refractivity contribution in [3.8, 4) is 0 Å². The van der Waals surface area contributed by atoms with Crippen molar-refractivity contribution in [1.82, 2.24) is 14.6 Å². The predicted octanol–water partition coefficient (Wildman–Crippen LogP) is 3.61. The summed E-state index contributed by atoms with van der Waals surface area (Å²) in [6.45, 7) is 0.807. The fourth-order valence-corrected chi connectivity index (χ4v) is 4.43. The van der Waals surface area contributed by atoms with Crippen LogP contribution in [0, 0.1) is 0 Å². The van der Waals surface area contributed by atoms with E-state index < -0.39 is 6.10 Å². The second kappa shape index (κ2) is 7.53. The van der Waals surface area contributed by atoms with E-state index in [1.165, 1.54) is 16.5 Å². The molecule has 0 fully saturated rings. The Morgan fingerprint density at radius 2 is 1.88 bits per heavy atom. The Hall–Kier alpha value is -1.93. The molecule has 0 aliphatic rings. The molecular formula is C18H17N3O2S2. The van der Waals surface area contributed by atoms with Crippen LogP contribution in [0.3, 0.4) is 0 Å². The summed E-state index contributed by atoms with van der Waals surface area (Å²) in [7, 11) is 0. The largest absolute Gasteiger partial charge is 0.390 e. The number of fused-ring (bicyclic) bond motifs is 3. The first-order chi connectivity index (χ1) is 12.3. The fourth-order valence-electron chi connectivity index (χ4n) is 2.55. The monoisotopic (exact) mass is 371 g/mol. The minimum absolute atomic E-state index is 0.300. The normalized spacial score (nSPS) is 12.8. The van der Waals surface area contributed by atoms with Crippen LogP contribution in [0.1, 0.15) is 5.56 Å². The van der Waals surface area contributed by atoms with Gasteiger partial charge in [-0.1, -0.05) is 65.6 Å². The van der Waals surface area contributed by atoms with Gasteiger partial charge in [-0.25, -0.2) is 0 Å². The van der Waals surface area contributed by atoms with Crippen LogP contribution in [0.5, 0.6) is 0 Å². The van der Waals surface area contributed by atoms with Crippen molar-refractivity contribution in [2.45, 2.75) is 17.9 Å². The number of aliphatic hydroxyl groups is 1. The van der Waals surface area contributed by atoms with E-state index in [-0.39, 0.29) is 0 Å². The second-order valence-electron chi connectivity index (χ2n) is 5.64. The van der Waals surface area contributed by atoms with Gasteiger partial charge in [-0.2, -0.15) is 0 Å². The number of thioether (sulfide) groups is 1. The average molecular weight is 371 g/mol. The van der Waals surface area contributed by atoms with Crippen LogP contribution in [0.2, 0.25) is 0 Å². The zero-order valence-corrected chi connectivity index (χ0v) is 15.0. The molecule has 7 heteroatoms. The molecule has 4 rings (SSSR count). The number of aliphatic hydroxyl groups excluding tert-OH is 1. The molecule has 1 atom stereocenters. The fraction of sp³-hybridized carbons (Fsp3) is 0.222. The second-order valence-corrected chi connectivity index (χ2v) is 7.63. The van der Waals surface area contributed by atoms with Gasteiger partial charge in [0, 0.05) is 5.75 Å². The third kappa shape index (κ3) is 3.69. The van der Waals surface area contributed by atoms with E-state index in [2.05, 4.69) is 22.3 Å². The lowest BCUT2D eigenvalue weighted by Crippen LogP contribution is -2.18. The Kier molecular flexibility index (Phi) is 4.98. The molecule has 0 bridgehead atoms. The van der Waals surface area contributed by atoms with Crippen LogP contribution < -0.4 is 0 Å². The molecule has 2 aromatic heterocycles. The van der Waals surface area contributed by atoms with Gasteiger partial charge in [-0.05, 0) is 17.7 Å². The van der Waals surface area contributed by atoms with E-state index in [4.69, 9.17) is 4.74 Å². The minimum atomic E-state index is -0.550. The molecular weight excluding hydrogens is 354 g/mol. The van der Waals surface area contributed by atoms with Crippen molar-refractivity contribution < 1.29 is 9.84 Å². The van der Waals surface area contributed by atoms with Gasteiger partial charge in [0.25, 0.3) is 0 Å². The van der Waals surface area contributed by atoms with E-state index in [9.17, 15) is 5.11 Å². The van der Waals surface area contributed by atoms with Crippen molar-refractivity contribution in [2.75, 3.05) is 12.4 Å². The summed E-state index contributed by atoms with van der Waals surface area (Å²) < 4.78 is 8.82. The number of hydrogen-bond donors (Lipinski definition) is 1. The van der Waals surface area contributed by atoms with Crippen molar-refractivity contribution in [3.05, 3.63) is 60.2 Å². The molecule has 25 heavy (non-hydrogen) atoms. The maximum Gasteiger partial charge on any atom is 0.217 e. The first kappa shape index (κ1) is 16.5. The van der Waals surface area contributed by atoms with Crippen LogP contribution in [0.15, 0.2) is 59.8 Å². The first-order valence-electron chi connectivity index (χ1n) is 7.96. The van der Waals surface area contributed by atoms with Gasteiger partial charge in [0.15, 0.2) is 5.16 Å². The van der Waals surface area contributed by atoms with Gasteiger partial charge < -0.3 is 9.84 Å². The summed E-state index contributed by atoms with van der Waals surface area (Å²) in [5, 5.41) is 19.4. The highest BCUT2D eigenvalue weighted by Gasteiger charge is 2.14. The standard InChI is InChI=1S/C18H17N3O2S2/c22-14(11-23-10-13-6-2-1-3-7-13)12-24-17-19-20-18-21(17)15-8-4-5-9-16(15)25-18/h1-9,14,22H,10-12H2. The molecule has 1 N–H and O–H groups in total. The molecule has 0 saturated carbocycles. The molecule has 128 valence electrons. The van der Waals surface area contributed by atoms with Gasteiger partial charge >= 0.3 is 0 Å². The lowest BCUT2D eigenvalue weighted by atomic mass is 10.2. The topological polar surface area (TPSA) is 59.7 Å².